The molecule has 0 aliphatic carbocycles. The highest BCUT2D eigenvalue weighted by atomic mass is 32.2. The van der Waals surface area contributed by atoms with E-state index in [1.54, 1.807) is 0 Å². The van der Waals surface area contributed by atoms with Gasteiger partial charge in [-0.2, -0.15) is 11.8 Å². The summed E-state index contributed by atoms with van der Waals surface area (Å²) >= 11 is 1.46. The van der Waals surface area contributed by atoms with Crippen molar-refractivity contribution < 1.29 is 29.1 Å². The zero-order valence-corrected chi connectivity index (χ0v) is 19.6. The number of hydrogen-bond donors (Lipinski definition) is 6. The van der Waals surface area contributed by atoms with Crippen molar-refractivity contribution in [2.75, 3.05) is 18.6 Å². The summed E-state index contributed by atoms with van der Waals surface area (Å²) in [4.78, 5) is 61.0. The number of carbonyl (C=O) groups is 5. The molecule has 1 fully saturated rings. The van der Waals surface area contributed by atoms with E-state index in [1.165, 1.54) is 11.8 Å². The average Bonchev–Trinajstić information content (AvgIpc) is 3.24. The maximum atomic E-state index is 12.8. The zero-order valence-electron chi connectivity index (χ0n) is 18.8. The first-order chi connectivity index (χ1) is 15.0. The van der Waals surface area contributed by atoms with E-state index in [0.29, 0.717) is 18.7 Å². The number of aliphatic carboxylic acids is 1. The van der Waals surface area contributed by atoms with Crippen LogP contribution in [-0.4, -0.2) is 77.4 Å². The van der Waals surface area contributed by atoms with Gasteiger partial charge in [-0.05, 0) is 50.2 Å². The number of amides is 4. The molecule has 1 saturated heterocycles. The van der Waals surface area contributed by atoms with E-state index in [1.807, 2.05) is 20.1 Å². The number of primary amides is 1. The number of rotatable bonds is 14. The topological polar surface area (TPSA) is 180 Å². The molecule has 0 aromatic heterocycles. The van der Waals surface area contributed by atoms with Gasteiger partial charge in [0.15, 0.2) is 0 Å². The molecule has 0 radical (unpaired) electrons. The summed E-state index contributed by atoms with van der Waals surface area (Å²) in [5.74, 6) is -3.16. The molecule has 4 atom stereocenters. The maximum Gasteiger partial charge on any atom is 0.326 e. The van der Waals surface area contributed by atoms with E-state index >= 15 is 0 Å². The highest BCUT2D eigenvalue weighted by Crippen LogP contribution is 2.09. The van der Waals surface area contributed by atoms with Gasteiger partial charge in [0.25, 0.3) is 0 Å². The summed E-state index contributed by atoms with van der Waals surface area (Å²) in [7, 11) is 0. The predicted octanol–water partition coefficient (Wildman–Crippen LogP) is -1.05. The Labute approximate surface area is 192 Å². The molecule has 12 heteroatoms. The number of nitrogens with one attached hydrogen (secondary N) is 4. The number of hydrogen-bond acceptors (Lipinski definition) is 7. The minimum Gasteiger partial charge on any atom is -0.480 e. The van der Waals surface area contributed by atoms with Gasteiger partial charge in [-0.25, -0.2) is 4.79 Å². The SMILES string of the molecule is CSCCC(NC(=O)C(CC(N)=O)NC(=O)C1CCCN1)C(=O)NC(CC(C)C)C(=O)O. The van der Waals surface area contributed by atoms with E-state index in [0.717, 1.165) is 6.42 Å². The highest BCUT2D eigenvalue weighted by molar-refractivity contribution is 7.98. The Hall–Kier alpha value is -2.34. The van der Waals surface area contributed by atoms with Crippen LogP contribution in [0.15, 0.2) is 0 Å². The van der Waals surface area contributed by atoms with Crippen LogP contribution in [0.25, 0.3) is 0 Å². The van der Waals surface area contributed by atoms with Gasteiger partial charge in [0.2, 0.25) is 23.6 Å². The second kappa shape index (κ2) is 13.9. The molecule has 182 valence electrons. The fourth-order valence-electron chi connectivity index (χ4n) is 3.33. The standard InChI is InChI=1S/C20H35N5O6S/c1-11(2)9-15(20(30)31)25-18(28)13(6-8-32-3)23-19(29)14(10-16(21)26)24-17(27)12-5-4-7-22-12/h11-15,22H,4-10H2,1-3H3,(H2,21,26)(H,23,29)(H,24,27)(H,25,28)(H,30,31). The van der Waals surface area contributed by atoms with Gasteiger partial charge in [-0.1, -0.05) is 13.8 Å². The Morgan fingerprint density at radius 2 is 1.69 bits per heavy atom. The smallest absolute Gasteiger partial charge is 0.326 e. The van der Waals surface area contributed by atoms with E-state index in [9.17, 15) is 29.1 Å². The average molecular weight is 474 g/mol. The lowest BCUT2D eigenvalue weighted by molar-refractivity contribution is -0.143. The summed E-state index contributed by atoms with van der Waals surface area (Å²) < 4.78 is 0. The number of carbonyl (C=O) groups excluding carboxylic acids is 4. The van der Waals surface area contributed by atoms with Crippen molar-refractivity contribution in [1.82, 2.24) is 21.3 Å². The fourth-order valence-corrected chi connectivity index (χ4v) is 3.80. The van der Waals surface area contributed by atoms with Crippen LogP contribution in [0.3, 0.4) is 0 Å². The molecule has 11 nitrogen and oxygen atoms in total. The van der Waals surface area contributed by atoms with Crippen LogP contribution in [0.5, 0.6) is 0 Å². The third-order valence-electron chi connectivity index (χ3n) is 4.98. The van der Waals surface area contributed by atoms with E-state index in [4.69, 9.17) is 5.73 Å². The van der Waals surface area contributed by atoms with Crippen LogP contribution >= 0.6 is 11.8 Å². The Morgan fingerprint density at radius 1 is 1.06 bits per heavy atom. The van der Waals surface area contributed by atoms with Crippen molar-refractivity contribution >= 4 is 41.4 Å². The van der Waals surface area contributed by atoms with Gasteiger partial charge >= 0.3 is 5.97 Å². The number of nitrogens with two attached hydrogens (primary N) is 1. The molecule has 1 rings (SSSR count). The Kier molecular flexibility index (Phi) is 12.1. The molecule has 1 aliphatic heterocycles. The molecule has 32 heavy (non-hydrogen) atoms. The van der Waals surface area contributed by atoms with Crippen LogP contribution in [0.4, 0.5) is 0 Å². The van der Waals surface area contributed by atoms with Crippen LogP contribution in [0.1, 0.15) is 46.0 Å². The normalized spacial score (nSPS) is 18.4. The van der Waals surface area contributed by atoms with Gasteiger partial charge in [-0.15, -0.1) is 0 Å². The molecular weight excluding hydrogens is 438 g/mol. The summed E-state index contributed by atoms with van der Waals surface area (Å²) in [5, 5.41) is 20.0. The Balaban J connectivity index is 2.90. The van der Waals surface area contributed by atoms with Crippen molar-refractivity contribution in [3.63, 3.8) is 0 Å². The van der Waals surface area contributed by atoms with Crippen LogP contribution < -0.4 is 27.0 Å². The van der Waals surface area contributed by atoms with Crippen LogP contribution in [0.2, 0.25) is 0 Å². The molecule has 7 N–H and O–H groups in total. The van der Waals surface area contributed by atoms with Gasteiger partial charge in [0, 0.05) is 0 Å². The minimum absolute atomic E-state index is 0.0370. The summed E-state index contributed by atoms with van der Waals surface area (Å²) in [6.45, 7) is 4.36. The molecule has 0 bridgehead atoms. The van der Waals surface area contributed by atoms with Gasteiger partial charge in [0.1, 0.15) is 18.1 Å². The number of carboxylic acids is 1. The molecule has 1 heterocycles. The molecule has 0 saturated carbocycles. The monoisotopic (exact) mass is 473 g/mol. The first kappa shape index (κ1) is 27.7. The van der Waals surface area contributed by atoms with Crippen LogP contribution in [0, 0.1) is 5.92 Å². The predicted molar refractivity (Wildman–Crippen MR) is 121 cm³/mol. The molecule has 1 aliphatic rings. The fraction of sp³-hybridized carbons (Fsp3) is 0.750. The molecule has 0 aromatic rings. The minimum atomic E-state index is -1.24. The first-order valence-electron chi connectivity index (χ1n) is 10.7. The second-order valence-electron chi connectivity index (χ2n) is 8.25. The molecular formula is C20H35N5O6S. The number of thioether (sulfide) groups is 1. The summed E-state index contributed by atoms with van der Waals surface area (Å²) in [6.07, 6.45) is 3.32. The summed E-state index contributed by atoms with van der Waals surface area (Å²) in [5.41, 5.74) is 5.24. The van der Waals surface area contributed by atoms with Crippen molar-refractivity contribution in [2.24, 2.45) is 11.7 Å². The van der Waals surface area contributed by atoms with Crippen molar-refractivity contribution in [2.45, 2.75) is 70.1 Å². The molecule has 4 unspecified atom stereocenters. The maximum absolute atomic E-state index is 12.8. The van der Waals surface area contributed by atoms with Crippen LogP contribution in [-0.2, 0) is 24.0 Å². The van der Waals surface area contributed by atoms with Crippen molar-refractivity contribution in [3.8, 4) is 0 Å². The largest absolute Gasteiger partial charge is 0.480 e. The summed E-state index contributed by atoms with van der Waals surface area (Å²) in [6, 6.07) is -3.81. The number of carboxylic acid groups (broad SMARTS) is 1. The second-order valence-corrected chi connectivity index (χ2v) is 9.24. The van der Waals surface area contributed by atoms with E-state index in [2.05, 4.69) is 21.3 Å². The Bertz CT molecular complexity index is 683. The van der Waals surface area contributed by atoms with E-state index in [-0.39, 0.29) is 18.8 Å². The van der Waals surface area contributed by atoms with Crippen molar-refractivity contribution in [3.05, 3.63) is 0 Å². The van der Waals surface area contributed by atoms with E-state index < -0.39 is 60.2 Å². The lowest BCUT2D eigenvalue weighted by Gasteiger charge is -2.25. The third kappa shape index (κ3) is 9.86. The van der Waals surface area contributed by atoms with Crippen molar-refractivity contribution in [1.29, 1.82) is 0 Å². The lowest BCUT2D eigenvalue weighted by Crippen LogP contribution is -2.57. The van der Waals surface area contributed by atoms with Gasteiger partial charge < -0.3 is 32.1 Å². The molecule has 0 aromatic carbocycles. The Morgan fingerprint density at radius 3 is 2.19 bits per heavy atom. The van der Waals surface area contributed by atoms with Gasteiger partial charge in [-0.3, -0.25) is 19.2 Å². The highest BCUT2D eigenvalue weighted by Gasteiger charge is 2.32. The zero-order chi connectivity index (χ0) is 24.3. The lowest BCUT2D eigenvalue weighted by atomic mass is 10.0. The quantitative estimate of drug-likeness (QED) is 0.185. The third-order valence-corrected chi connectivity index (χ3v) is 5.62. The first-order valence-corrected chi connectivity index (χ1v) is 12.1. The molecule has 4 amide bonds. The van der Waals surface area contributed by atoms with Gasteiger partial charge in [0.05, 0.1) is 12.5 Å². The molecule has 0 spiro atoms.